The molecule has 0 radical (unpaired) electrons. The van der Waals surface area contributed by atoms with Crippen LogP contribution >= 0.6 is 0 Å². The zero-order valence-corrected chi connectivity index (χ0v) is 21.1. The number of nitrogens with two attached hydrogens (primary N) is 1. The summed E-state index contributed by atoms with van der Waals surface area (Å²) in [6, 6.07) is -2.85. The summed E-state index contributed by atoms with van der Waals surface area (Å²) < 4.78 is 40.8. The molecule has 0 amide bonds. The number of aliphatic carboxylic acids is 1. The molecule has 0 aromatic carbocycles. The quantitative estimate of drug-likeness (QED) is 0.125. The molecule has 0 aromatic rings. The first-order valence-electron chi connectivity index (χ1n) is 13.1. The van der Waals surface area contributed by atoms with Gasteiger partial charge in [-0.3, -0.25) is 9.69 Å². The largest absolute Gasteiger partial charge is 0.480 e. The third-order valence-electron chi connectivity index (χ3n) is 6.32. The van der Waals surface area contributed by atoms with Crippen molar-refractivity contribution in [1.29, 1.82) is 0 Å². The van der Waals surface area contributed by atoms with Crippen LogP contribution in [0.3, 0.4) is 0 Å². The first-order chi connectivity index (χ1) is 15.8. The number of hydrogen-bond acceptors (Lipinski definition) is 3. The van der Waals surface area contributed by atoms with Crippen molar-refractivity contribution in [2.45, 2.75) is 134 Å². The molecule has 3 N–H and O–H groups in total. The molecule has 33 heavy (non-hydrogen) atoms. The fourth-order valence-corrected chi connectivity index (χ4v) is 4.21. The van der Waals surface area contributed by atoms with Gasteiger partial charge in [-0.2, -0.15) is 13.2 Å². The number of likely N-dealkylation sites (N-methyl/N-ethyl adjacent to an activating group) is 1. The molecule has 2 atom stereocenters. The lowest BCUT2D eigenvalue weighted by Crippen LogP contribution is -2.51. The maximum Gasteiger partial charge on any atom is 0.404 e. The van der Waals surface area contributed by atoms with Crippen LogP contribution < -0.4 is 5.73 Å². The summed E-state index contributed by atoms with van der Waals surface area (Å²) in [5.41, 5.74) is 5.42. The lowest BCUT2D eigenvalue weighted by molar-refractivity contribution is -0.191. The van der Waals surface area contributed by atoms with Gasteiger partial charge in [0.15, 0.2) is 0 Å². The standard InChI is InChI=1S/C26H49F3N2O2/c1-3-4-5-6-7-8-9-10-11-12-13-14-15-16-17-21-24(26(27,28)29)31(2)23(25(32)33)20-18-19-22-30/h8-9,23-24H,3-7,10-22,30H2,1-2H3,(H,32,33)/b9-8+. The van der Waals surface area contributed by atoms with Gasteiger partial charge in [0.1, 0.15) is 12.1 Å². The number of alkyl halides is 3. The topological polar surface area (TPSA) is 66.6 Å². The number of unbranched alkanes of at least 4 members (excludes halogenated alkanes) is 12. The minimum Gasteiger partial charge on any atom is -0.480 e. The molecule has 4 nitrogen and oxygen atoms in total. The molecule has 0 aliphatic rings. The van der Waals surface area contributed by atoms with Crippen LogP contribution in [-0.2, 0) is 4.79 Å². The van der Waals surface area contributed by atoms with Gasteiger partial charge in [0.25, 0.3) is 0 Å². The molecule has 196 valence electrons. The Bertz CT molecular complexity index is 498. The molecule has 0 aliphatic heterocycles. The molecule has 0 fully saturated rings. The first-order valence-corrected chi connectivity index (χ1v) is 13.1. The van der Waals surface area contributed by atoms with E-state index in [0.29, 0.717) is 25.8 Å². The highest BCUT2D eigenvalue weighted by atomic mass is 19.4. The highest BCUT2D eigenvalue weighted by Crippen LogP contribution is 2.30. The molecule has 0 spiro atoms. The SMILES string of the molecule is CCCCCC/C=C/CCCCCCCCCC(N(C)C(CCCCN)C(=O)O)C(F)(F)F. The van der Waals surface area contributed by atoms with Crippen LogP contribution in [0, 0.1) is 0 Å². The smallest absolute Gasteiger partial charge is 0.404 e. The van der Waals surface area contributed by atoms with E-state index in [1.54, 1.807) is 0 Å². The molecule has 0 saturated heterocycles. The summed E-state index contributed by atoms with van der Waals surface area (Å²) in [5, 5.41) is 9.42. The average Bonchev–Trinajstić information content (AvgIpc) is 2.75. The molecule has 0 rings (SSSR count). The Hall–Kier alpha value is -1.08. The number of carbonyl (C=O) groups is 1. The van der Waals surface area contributed by atoms with Gasteiger partial charge in [-0.15, -0.1) is 0 Å². The third-order valence-corrected chi connectivity index (χ3v) is 6.32. The van der Waals surface area contributed by atoms with E-state index >= 15 is 0 Å². The van der Waals surface area contributed by atoms with Crippen molar-refractivity contribution in [1.82, 2.24) is 4.90 Å². The van der Waals surface area contributed by atoms with Crippen molar-refractivity contribution in [2.24, 2.45) is 5.73 Å². The van der Waals surface area contributed by atoms with Crippen molar-refractivity contribution in [3.8, 4) is 0 Å². The van der Waals surface area contributed by atoms with Gasteiger partial charge in [0.2, 0.25) is 0 Å². The van der Waals surface area contributed by atoms with Crippen LogP contribution in [0.4, 0.5) is 13.2 Å². The molecule has 7 heteroatoms. The first kappa shape index (κ1) is 31.9. The summed E-state index contributed by atoms with van der Waals surface area (Å²) in [6.07, 6.45) is 15.5. The molecule has 2 unspecified atom stereocenters. The van der Waals surface area contributed by atoms with E-state index in [-0.39, 0.29) is 12.8 Å². The van der Waals surface area contributed by atoms with Gasteiger partial charge < -0.3 is 10.8 Å². The Balaban J connectivity index is 4.08. The lowest BCUT2D eigenvalue weighted by atomic mass is 10.0. The second kappa shape index (κ2) is 20.3. The third kappa shape index (κ3) is 17.1. The van der Waals surface area contributed by atoms with Gasteiger partial charge in [0, 0.05) is 0 Å². The fourth-order valence-electron chi connectivity index (χ4n) is 4.21. The average molecular weight is 479 g/mol. The number of halogens is 3. The molecule has 0 saturated carbocycles. The maximum absolute atomic E-state index is 13.6. The van der Waals surface area contributed by atoms with Gasteiger partial charge in [-0.05, 0) is 58.5 Å². The van der Waals surface area contributed by atoms with Gasteiger partial charge in [-0.25, -0.2) is 0 Å². The van der Waals surface area contributed by atoms with Gasteiger partial charge >= 0.3 is 12.1 Å². The lowest BCUT2D eigenvalue weighted by Gasteiger charge is -2.34. The van der Waals surface area contributed by atoms with E-state index in [1.165, 1.54) is 45.6 Å². The highest BCUT2D eigenvalue weighted by Gasteiger charge is 2.44. The Labute approximate surface area is 200 Å². The van der Waals surface area contributed by atoms with E-state index in [2.05, 4.69) is 19.1 Å². The summed E-state index contributed by atoms with van der Waals surface area (Å²) in [4.78, 5) is 12.5. The number of allylic oxidation sites excluding steroid dienone is 2. The van der Waals surface area contributed by atoms with E-state index in [9.17, 15) is 23.1 Å². The Kier molecular flexibility index (Phi) is 19.6. The predicted octanol–water partition coefficient (Wildman–Crippen LogP) is 7.47. The van der Waals surface area contributed by atoms with Crippen LogP contribution in [0.2, 0.25) is 0 Å². The zero-order chi connectivity index (χ0) is 25.0. The molecule has 0 aromatic heterocycles. The van der Waals surface area contributed by atoms with E-state index in [4.69, 9.17) is 5.73 Å². The number of nitrogens with zero attached hydrogens (tertiary/aromatic N) is 1. The normalized spacial score (nSPS) is 14.3. The summed E-state index contributed by atoms with van der Waals surface area (Å²) >= 11 is 0. The number of carboxylic acids is 1. The fraction of sp³-hybridized carbons (Fsp3) is 0.885. The summed E-state index contributed by atoms with van der Waals surface area (Å²) in [6.45, 7) is 2.63. The second-order valence-corrected chi connectivity index (χ2v) is 9.23. The van der Waals surface area contributed by atoms with E-state index in [1.807, 2.05) is 0 Å². The van der Waals surface area contributed by atoms with E-state index in [0.717, 1.165) is 43.4 Å². The second-order valence-electron chi connectivity index (χ2n) is 9.23. The predicted molar refractivity (Wildman–Crippen MR) is 131 cm³/mol. The van der Waals surface area contributed by atoms with Crippen molar-refractivity contribution in [2.75, 3.05) is 13.6 Å². The summed E-state index contributed by atoms with van der Waals surface area (Å²) in [5.74, 6) is -1.20. The minimum absolute atomic E-state index is 0.0519. The van der Waals surface area contributed by atoms with E-state index < -0.39 is 24.2 Å². The molecular formula is C26H49F3N2O2. The maximum atomic E-state index is 13.6. The zero-order valence-electron chi connectivity index (χ0n) is 21.1. The van der Waals surface area contributed by atoms with Crippen LogP contribution in [0.1, 0.15) is 116 Å². The monoisotopic (exact) mass is 478 g/mol. The molecule has 0 heterocycles. The Morgan fingerprint density at radius 3 is 1.82 bits per heavy atom. The summed E-state index contributed by atoms with van der Waals surface area (Å²) in [7, 11) is 1.29. The van der Waals surface area contributed by atoms with Crippen LogP contribution in [0.5, 0.6) is 0 Å². The Morgan fingerprint density at radius 2 is 1.33 bits per heavy atom. The van der Waals surface area contributed by atoms with Crippen molar-refractivity contribution >= 4 is 5.97 Å². The molecular weight excluding hydrogens is 429 g/mol. The van der Waals surface area contributed by atoms with Crippen LogP contribution in [0.25, 0.3) is 0 Å². The van der Waals surface area contributed by atoms with Crippen LogP contribution in [0.15, 0.2) is 12.2 Å². The van der Waals surface area contributed by atoms with Gasteiger partial charge in [0.05, 0.1) is 0 Å². The Morgan fingerprint density at radius 1 is 0.848 bits per heavy atom. The van der Waals surface area contributed by atoms with Crippen molar-refractivity contribution in [3.05, 3.63) is 12.2 Å². The number of carboxylic acid groups (broad SMARTS) is 1. The number of hydrogen-bond donors (Lipinski definition) is 2. The van der Waals surface area contributed by atoms with Gasteiger partial charge in [-0.1, -0.05) is 83.3 Å². The molecule has 0 aliphatic carbocycles. The van der Waals surface area contributed by atoms with Crippen molar-refractivity contribution < 1.29 is 23.1 Å². The molecule has 0 bridgehead atoms. The number of rotatable bonds is 22. The highest BCUT2D eigenvalue weighted by molar-refractivity contribution is 5.73. The van der Waals surface area contributed by atoms with Crippen LogP contribution in [-0.4, -0.2) is 47.8 Å². The van der Waals surface area contributed by atoms with Crippen molar-refractivity contribution in [3.63, 3.8) is 0 Å². The minimum atomic E-state index is -4.43.